The van der Waals surface area contributed by atoms with Crippen molar-refractivity contribution >= 4 is 11.3 Å². The summed E-state index contributed by atoms with van der Waals surface area (Å²) in [5.41, 5.74) is 6.95. The molecule has 3 unspecified atom stereocenters. The topological polar surface area (TPSA) is 38.5 Å². The van der Waals surface area contributed by atoms with Crippen molar-refractivity contribution < 1.29 is 4.74 Å². The van der Waals surface area contributed by atoms with E-state index in [2.05, 4.69) is 36.3 Å². The van der Waals surface area contributed by atoms with Crippen LogP contribution in [-0.2, 0) is 11.3 Å². The van der Waals surface area contributed by atoms with E-state index in [1.54, 1.807) is 0 Å². The maximum atomic E-state index is 6.94. The predicted molar refractivity (Wildman–Crippen MR) is 86.3 cm³/mol. The van der Waals surface area contributed by atoms with Crippen LogP contribution in [0.2, 0.25) is 0 Å². The molecule has 0 spiro atoms. The molecular weight excluding hydrogens is 280 g/mol. The summed E-state index contributed by atoms with van der Waals surface area (Å²) in [6.45, 7) is 7.58. The van der Waals surface area contributed by atoms with Crippen LogP contribution < -0.4 is 5.73 Å². The molecule has 2 N–H and O–H groups in total. The van der Waals surface area contributed by atoms with Crippen molar-refractivity contribution in [2.75, 3.05) is 13.2 Å². The highest BCUT2D eigenvalue weighted by atomic mass is 32.1. The molecule has 4 rings (SSSR count). The minimum atomic E-state index is -0.0893. The SMILES string of the molecule is CC1(C)C2OCCC2C1(N)CN(Cc1cccs1)C1CC1. The molecule has 4 heteroatoms. The molecule has 2 heterocycles. The molecule has 3 nitrogen and oxygen atoms in total. The summed E-state index contributed by atoms with van der Waals surface area (Å²) in [6, 6.07) is 5.15. The van der Waals surface area contributed by atoms with E-state index in [4.69, 9.17) is 10.5 Å². The molecule has 3 atom stereocenters. The zero-order chi connectivity index (χ0) is 14.7. The zero-order valence-corrected chi connectivity index (χ0v) is 13.9. The summed E-state index contributed by atoms with van der Waals surface area (Å²) in [5, 5.41) is 2.17. The quantitative estimate of drug-likeness (QED) is 0.909. The van der Waals surface area contributed by atoms with Gasteiger partial charge in [0, 0.05) is 47.5 Å². The van der Waals surface area contributed by atoms with Gasteiger partial charge in [-0.1, -0.05) is 19.9 Å². The highest BCUT2D eigenvalue weighted by Gasteiger charge is 2.68. The fraction of sp³-hybridized carbons (Fsp3) is 0.765. The minimum Gasteiger partial charge on any atom is -0.377 e. The number of hydrogen-bond acceptors (Lipinski definition) is 4. The number of ether oxygens (including phenoxy) is 1. The van der Waals surface area contributed by atoms with Gasteiger partial charge in [-0.05, 0) is 30.7 Å². The predicted octanol–water partition coefficient (Wildman–Crippen LogP) is 2.85. The number of fused-ring (bicyclic) bond motifs is 1. The lowest BCUT2D eigenvalue weighted by molar-refractivity contribution is -0.164. The van der Waals surface area contributed by atoms with Crippen molar-refractivity contribution in [3.63, 3.8) is 0 Å². The first-order valence-electron chi connectivity index (χ1n) is 8.19. The third kappa shape index (κ3) is 2.11. The molecule has 0 aromatic carbocycles. The average molecular weight is 306 g/mol. The Morgan fingerprint density at radius 1 is 1.38 bits per heavy atom. The molecule has 2 aliphatic carbocycles. The Labute approximate surface area is 131 Å². The van der Waals surface area contributed by atoms with Crippen LogP contribution >= 0.6 is 11.3 Å². The molecular formula is C17H26N2OS. The summed E-state index contributed by atoms with van der Waals surface area (Å²) in [4.78, 5) is 4.10. The Morgan fingerprint density at radius 2 is 2.19 bits per heavy atom. The second-order valence-corrected chi connectivity index (χ2v) is 8.70. The third-order valence-electron chi connectivity index (χ3n) is 6.13. The molecule has 1 aromatic rings. The molecule has 0 bridgehead atoms. The summed E-state index contributed by atoms with van der Waals surface area (Å²) in [5.74, 6) is 0.553. The van der Waals surface area contributed by atoms with Gasteiger partial charge in [-0.3, -0.25) is 4.90 Å². The zero-order valence-electron chi connectivity index (χ0n) is 13.0. The fourth-order valence-corrected chi connectivity index (χ4v) is 5.22. The molecule has 1 aromatic heterocycles. The minimum absolute atomic E-state index is 0.0893. The van der Waals surface area contributed by atoms with Crippen molar-refractivity contribution in [2.45, 2.75) is 57.3 Å². The molecule has 0 amide bonds. The first kappa shape index (κ1) is 14.2. The van der Waals surface area contributed by atoms with Crippen LogP contribution in [0.4, 0.5) is 0 Å². The smallest absolute Gasteiger partial charge is 0.0691 e. The lowest BCUT2D eigenvalue weighted by Crippen LogP contribution is -2.78. The van der Waals surface area contributed by atoms with Crippen LogP contribution in [0, 0.1) is 11.3 Å². The summed E-state index contributed by atoms with van der Waals surface area (Å²) >= 11 is 1.86. The van der Waals surface area contributed by atoms with Crippen molar-refractivity contribution in [1.82, 2.24) is 4.90 Å². The number of nitrogens with zero attached hydrogens (tertiary/aromatic N) is 1. The number of hydrogen-bond donors (Lipinski definition) is 1. The van der Waals surface area contributed by atoms with E-state index in [1.165, 1.54) is 17.7 Å². The first-order chi connectivity index (χ1) is 10.0. The summed E-state index contributed by atoms with van der Waals surface area (Å²) in [6.07, 6.45) is 4.20. The van der Waals surface area contributed by atoms with E-state index in [-0.39, 0.29) is 11.0 Å². The van der Waals surface area contributed by atoms with Crippen molar-refractivity contribution in [3.8, 4) is 0 Å². The monoisotopic (exact) mass is 306 g/mol. The molecule has 0 radical (unpaired) electrons. The fourth-order valence-electron chi connectivity index (χ4n) is 4.49. The van der Waals surface area contributed by atoms with E-state index < -0.39 is 0 Å². The Morgan fingerprint density at radius 3 is 2.86 bits per heavy atom. The van der Waals surface area contributed by atoms with Gasteiger partial charge in [0.05, 0.1) is 6.10 Å². The molecule has 2 saturated carbocycles. The lowest BCUT2D eigenvalue weighted by Gasteiger charge is -2.63. The van der Waals surface area contributed by atoms with Gasteiger partial charge in [0.15, 0.2) is 0 Å². The third-order valence-corrected chi connectivity index (χ3v) is 6.99. The van der Waals surface area contributed by atoms with E-state index in [1.807, 2.05) is 11.3 Å². The van der Waals surface area contributed by atoms with Crippen LogP contribution in [0.1, 0.15) is 38.0 Å². The van der Waals surface area contributed by atoms with Crippen LogP contribution in [0.25, 0.3) is 0 Å². The van der Waals surface area contributed by atoms with Gasteiger partial charge < -0.3 is 10.5 Å². The molecule has 1 aliphatic heterocycles. The van der Waals surface area contributed by atoms with Crippen molar-refractivity contribution in [1.29, 1.82) is 0 Å². The number of thiophene rings is 1. The highest BCUT2D eigenvalue weighted by molar-refractivity contribution is 7.09. The van der Waals surface area contributed by atoms with Gasteiger partial charge in [-0.15, -0.1) is 11.3 Å². The highest BCUT2D eigenvalue weighted by Crippen LogP contribution is 2.58. The molecule has 3 fully saturated rings. The van der Waals surface area contributed by atoms with E-state index in [9.17, 15) is 0 Å². The molecule has 3 aliphatic rings. The van der Waals surface area contributed by atoms with E-state index in [0.29, 0.717) is 12.0 Å². The summed E-state index contributed by atoms with van der Waals surface area (Å²) < 4.78 is 5.93. The van der Waals surface area contributed by atoms with Crippen LogP contribution in [0.15, 0.2) is 17.5 Å². The number of rotatable bonds is 5. The van der Waals surface area contributed by atoms with Crippen LogP contribution in [-0.4, -0.2) is 35.7 Å². The van der Waals surface area contributed by atoms with Gasteiger partial charge in [-0.25, -0.2) is 0 Å². The molecule has 116 valence electrons. The maximum absolute atomic E-state index is 6.94. The van der Waals surface area contributed by atoms with Crippen LogP contribution in [0.3, 0.4) is 0 Å². The Hall–Kier alpha value is -0.420. The van der Waals surface area contributed by atoms with Gasteiger partial charge >= 0.3 is 0 Å². The van der Waals surface area contributed by atoms with Gasteiger partial charge in [-0.2, -0.15) is 0 Å². The van der Waals surface area contributed by atoms with E-state index in [0.717, 1.165) is 32.2 Å². The molecule has 1 saturated heterocycles. The van der Waals surface area contributed by atoms with E-state index >= 15 is 0 Å². The lowest BCUT2D eigenvalue weighted by atomic mass is 9.48. The Bertz CT molecular complexity index is 511. The van der Waals surface area contributed by atoms with Crippen molar-refractivity contribution in [2.24, 2.45) is 17.1 Å². The van der Waals surface area contributed by atoms with Crippen molar-refractivity contribution in [3.05, 3.63) is 22.4 Å². The van der Waals surface area contributed by atoms with Gasteiger partial charge in [0.1, 0.15) is 0 Å². The standard InChI is InChI=1S/C17H26N2OS/c1-16(2)15-14(7-8-20-15)17(16,18)11-19(12-5-6-12)10-13-4-3-9-21-13/h3-4,9,12,14-15H,5-8,10-11,18H2,1-2H3. The normalized spacial score (nSPS) is 37.5. The van der Waals surface area contributed by atoms with Gasteiger partial charge in [0.2, 0.25) is 0 Å². The number of nitrogens with two attached hydrogens (primary N) is 1. The Balaban J connectivity index is 1.52. The Kier molecular flexibility index (Phi) is 3.23. The maximum Gasteiger partial charge on any atom is 0.0691 e. The summed E-state index contributed by atoms with van der Waals surface area (Å²) in [7, 11) is 0. The second-order valence-electron chi connectivity index (χ2n) is 7.66. The molecule has 21 heavy (non-hydrogen) atoms. The first-order valence-corrected chi connectivity index (χ1v) is 9.07. The second kappa shape index (κ2) is 4.79. The van der Waals surface area contributed by atoms with Crippen LogP contribution in [0.5, 0.6) is 0 Å². The van der Waals surface area contributed by atoms with Gasteiger partial charge in [0.25, 0.3) is 0 Å². The largest absolute Gasteiger partial charge is 0.377 e. The average Bonchev–Trinajstić information content (AvgIpc) is 2.98.